The SMILES string of the molecule is CN(C)[Se]c1c(C(C)(C)C)cc(C(C)(C)C)cc1C(C)(C)C. The molecule has 0 unspecified atom stereocenters. The van der Waals surface area contributed by atoms with Crippen molar-refractivity contribution in [1.29, 1.82) is 0 Å². The van der Waals surface area contributed by atoms with Crippen LogP contribution in [0.25, 0.3) is 0 Å². The fraction of sp³-hybridized carbons (Fsp3) is 0.700. The zero-order valence-corrected chi connectivity index (χ0v) is 18.2. The molecule has 0 atom stereocenters. The van der Waals surface area contributed by atoms with Crippen molar-refractivity contribution in [3.8, 4) is 0 Å². The van der Waals surface area contributed by atoms with Crippen LogP contribution in [-0.4, -0.2) is 33.2 Å². The van der Waals surface area contributed by atoms with Crippen LogP contribution in [0.2, 0.25) is 0 Å². The van der Waals surface area contributed by atoms with E-state index < -0.39 is 0 Å². The van der Waals surface area contributed by atoms with Gasteiger partial charge in [0.1, 0.15) is 0 Å². The molecule has 126 valence electrons. The van der Waals surface area contributed by atoms with Gasteiger partial charge in [0.15, 0.2) is 0 Å². The van der Waals surface area contributed by atoms with Gasteiger partial charge in [-0.3, -0.25) is 0 Å². The molecular formula is C20H35NSe. The predicted molar refractivity (Wildman–Crippen MR) is 102 cm³/mol. The molecule has 0 aliphatic rings. The van der Waals surface area contributed by atoms with Crippen molar-refractivity contribution in [2.75, 3.05) is 14.1 Å². The molecule has 0 saturated heterocycles. The maximum absolute atomic E-state index is 2.47. The van der Waals surface area contributed by atoms with Gasteiger partial charge in [-0.15, -0.1) is 0 Å². The van der Waals surface area contributed by atoms with Crippen molar-refractivity contribution in [2.45, 2.75) is 78.6 Å². The standard InChI is InChI=1S/C20H35NSe/c1-18(2,3)14-12-15(19(4,5)6)17(22-21(10)11)16(13-14)20(7,8)9/h12-13H,1-11H3. The van der Waals surface area contributed by atoms with E-state index in [0.29, 0.717) is 15.2 Å². The molecule has 1 rings (SSSR count). The molecule has 1 aromatic carbocycles. The molecule has 2 heteroatoms. The number of nitrogens with zero attached hydrogens (tertiary/aromatic N) is 1. The first-order valence-electron chi connectivity index (χ1n) is 8.19. The van der Waals surface area contributed by atoms with Crippen molar-refractivity contribution < 1.29 is 0 Å². The summed E-state index contributed by atoms with van der Waals surface area (Å²) in [6.45, 7) is 21.0. The summed E-state index contributed by atoms with van der Waals surface area (Å²) in [6, 6.07) is 4.94. The third-order valence-corrected chi connectivity index (χ3v) is 5.92. The fourth-order valence-electron chi connectivity index (χ4n) is 2.46. The molecule has 0 spiro atoms. The summed E-state index contributed by atoms with van der Waals surface area (Å²) < 4.78 is 3.93. The summed E-state index contributed by atoms with van der Waals surface area (Å²) in [7, 11) is 4.38. The van der Waals surface area contributed by atoms with Gasteiger partial charge >= 0.3 is 145 Å². The Morgan fingerprint density at radius 2 is 1.05 bits per heavy atom. The average Bonchev–Trinajstić information content (AvgIpc) is 2.23. The molecule has 0 amide bonds. The second-order valence-electron chi connectivity index (χ2n) is 9.55. The minimum absolute atomic E-state index is 0.175. The predicted octanol–water partition coefficient (Wildman–Crippen LogP) is 4.39. The molecule has 22 heavy (non-hydrogen) atoms. The van der Waals surface area contributed by atoms with E-state index >= 15 is 0 Å². The van der Waals surface area contributed by atoms with Gasteiger partial charge in [-0.2, -0.15) is 0 Å². The van der Waals surface area contributed by atoms with Crippen LogP contribution in [0.4, 0.5) is 0 Å². The molecule has 1 aromatic rings. The summed E-state index contributed by atoms with van der Waals surface area (Å²) in [5, 5.41) is 0. The Morgan fingerprint density at radius 1 is 0.682 bits per heavy atom. The van der Waals surface area contributed by atoms with Crippen LogP contribution in [0.3, 0.4) is 0 Å². The zero-order chi connectivity index (χ0) is 17.5. The molecular weight excluding hydrogens is 333 g/mol. The Hall–Kier alpha value is -0.301. The van der Waals surface area contributed by atoms with Gasteiger partial charge in [-0.1, -0.05) is 0 Å². The fourth-order valence-corrected chi connectivity index (χ4v) is 5.17. The van der Waals surface area contributed by atoms with Crippen molar-refractivity contribution in [2.24, 2.45) is 0 Å². The number of hydrogen-bond acceptors (Lipinski definition) is 1. The van der Waals surface area contributed by atoms with Gasteiger partial charge in [0.05, 0.1) is 0 Å². The number of rotatable bonds is 2. The summed E-state index contributed by atoms with van der Waals surface area (Å²) >= 11 is 0.363. The molecule has 0 saturated carbocycles. The van der Waals surface area contributed by atoms with Crippen LogP contribution >= 0.6 is 0 Å². The molecule has 0 aromatic heterocycles. The van der Waals surface area contributed by atoms with E-state index in [0.717, 1.165) is 0 Å². The van der Waals surface area contributed by atoms with E-state index in [1.165, 1.54) is 16.7 Å². The third kappa shape index (κ3) is 4.85. The molecule has 0 radical (unpaired) electrons. The van der Waals surface area contributed by atoms with Crippen LogP contribution in [0, 0.1) is 0 Å². The van der Waals surface area contributed by atoms with E-state index in [2.05, 4.69) is 92.5 Å². The quantitative estimate of drug-likeness (QED) is 0.700. The third-order valence-electron chi connectivity index (χ3n) is 3.84. The molecule has 0 N–H and O–H groups in total. The van der Waals surface area contributed by atoms with E-state index in [1.807, 2.05) is 0 Å². The van der Waals surface area contributed by atoms with E-state index in [-0.39, 0.29) is 16.2 Å². The molecule has 0 bridgehead atoms. The Balaban J connectivity index is 3.78. The average molecular weight is 368 g/mol. The Labute approximate surface area is 145 Å². The normalized spacial score (nSPS) is 13.8. The van der Waals surface area contributed by atoms with E-state index in [1.54, 1.807) is 4.46 Å². The van der Waals surface area contributed by atoms with Crippen LogP contribution in [0.1, 0.15) is 79.0 Å². The van der Waals surface area contributed by atoms with Gasteiger partial charge < -0.3 is 0 Å². The second-order valence-corrected chi connectivity index (χ2v) is 12.3. The first kappa shape index (κ1) is 19.7. The van der Waals surface area contributed by atoms with Crippen molar-refractivity contribution >= 4 is 19.6 Å². The van der Waals surface area contributed by atoms with Crippen LogP contribution < -0.4 is 4.46 Å². The Bertz CT molecular complexity index is 487. The van der Waals surface area contributed by atoms with Gasteiger partial charge in [0.2, 0.25) is 0 Å². The van der Waals surface area contributed by atoms with Gasteiger partial charge in [-0.25, -0.2) is 0 Å². The van der Waals surface area contributed by atoms with Gasteiger partial charge in [0.25, 0.3) is 0 Å². The van der Waals surface area contributed by atoms with E-state index in [9.17, 15) is 0 Å². The zero-order valence-electron chi connectivity index (χ0n) is 16.5. The van der Waals surface area contributed by atoms with Gasteiger partial charge in [-0.05, 0) is 0 Å². The Kier molecular flexibility index (Phi) is 5.66. The summed E-state index contributed by atoms with van der Waals surface area (Å²) in [4.78, 5) is 0. The second kappa shape index (κ2) is 6.30. The number of hydrogen-bond donors (Lipinski definition) is 0. The molecule has 0 fully saturated rings. The summed E-state index contributed by atoms with van der Waals surface area (Å²) in [6.07, 6.45) is 0. The molecule has 0 aliphatic carbocycles. The molecule has 0 aliphatic heterocycles. The van der Waals surface area contributed by atoms with Crippen LogP contribution in [0.5, 0.6) is 0 Å². The first-order valence-corrected chi connectivity index (χ1v) is 9.81. The monoisotopic (exact) mass is 369 g/mol. The van der Waals surface area contributed by atoms with Gasteiger partial charge in [0, 0.05) is 0 Å². The van der Waals surface area contributed by atoms with Crippen molar-refractivity contribution in [1.82, 2.24) is 3.92 Å². The number of benzene rings is 1. The van der Waals surface area contributed by atoms with E-state index in [4.69, 9.17) is 0 Å². The minimum atomic E-state index is 0.175. The first-order chi connectivity index (χ1) is 9.64. The van der Waals surface area contributed by atoms with Crippen molar-refractivity contribution in [3.05, 3.63) is 28.8 Å². The molecule has 1 nitrogen and oxygen atoms in total. The summed E-state index contributed by atoms with van der Waals surface area (Å²) in [5.41, 5.74) is 5.05. The Morgan fingerprint density at radius 3 is 1.27 bits per heavy atom. The summed E-state index contributed by atoms with van der Waals surface area (Å²) in [5.74, 6) is 0. The van der Waals surface area contributed by atoms with Crippen LogP contribution in [0.15, 0.2) is 12.1 Å². The maximum atomic E-state index is 2.47. The van der Waals surface area contributed by atoms with Crippen molar-refractivity contribution in [3.63, 3.8) is 0 Å². The van der Waals surface area contributed by atoms with Crippen LogP contribution in [-0.2, 0) is 16.2 Å². The topological polar surface area (TPSA) is 3.24 Å². The molecule has 0 heterocycles.